The molecule has 1 aromatic carbocycles. The van der Waals surface area contributed by atoms with E-state index in [4.69, 9.17) is 23.7 Å². The van der Waals surface area contributed by atoms with Gasteiger partial charge in [-0.1, -0.05) is 18.7 Å². The van der Waals surface area contributed by atoms with Gasteiger partial charge in [-0.25, -0.2) is 14.4 Å². The number of aliphatic hydroxyl groups is 1. The SMILES string of the molecule is C=COC(=O)[C@H]1[C@H]2[C@@H]1[C@@](NC(=O)[C@H](Cc1ccc(OC(=O)OC(C)(C)C)cc1)NC(=O)OC(C)(C)C)(C(=O)OCC)C[C@@H]2O. The number of carbonyl (C=O) groups is 5. The Morgan fingerprint density at radius 1 is 1.05 bits per heavy atom. The predicted molar refractivity (Wildman–Crippen MR) is 155 cm³/mol. The van der Waals surface area contributed by atoms with Crippen molar-refractivity contribution in [1.29, 1.82) is 0 Å². The van der Waals surface area contributed by atoms with Gasteiger partial charge in [-0.05, 0) is 66.2 Å². The van der Waals surface area contributed by atoms with Gasteiger partial charge in [-0.3, -0.25) is 9.59 Å². The van der Waals surface area contributed by atoms with Crippen molar-refractivity contribution in [3.63, 3.8) is 0 Å². The van der Waals surface area contributed by atoms with Gasteiger partial charge in [-0.2, -0.15) is 0 Å². The van der Waals surface area contributed by atoms with Crippen molar-refractivity contribution in [2.24, 2.45) is 17.8 Å². The van der Waals surface area contributed by atoms with E-state index in [0.717, 1.165) is 6.26 Å². The van der Waals surface area contributed by atoms with E-state index < -0.39 is 76.7 Å². The molecule has 0 unspecified atom stereocenters. The summed E-state index contributed by atoms with van der Waals surface area (Å²) < 4.78 is 25.9. The Hall–Kier alpha value is -4.13. The van der Waals surface area contributed by atoms with E-state index in [1.165, 1.54) is 12.1 Å². The van der Waals surface area contributed by atoms with Gasteiger partial charge in [0.05, 0.1) is 24.9 Å². The number of esters is 2. The van der Waals surface area contributed by atoms with E-state index >= 15 is 0 Å². The number of aliphatic hydroxyl groups excluding tert-OH is 1. The number of ether oxygens (including phenoxy) is 5. The topological polar surface area (TPSA) is 176 Å². The Morgan fingerprint density at radius 3 is 2.20 bits per heavy atom. The van der Waals surface area contributed by atoms with E-state index in [1.54, 1.807) is 60.6 Å². The Balaban J connectivity index is 1.86. The lowest BCUT2D eigenvalue weighted by Gasteiger charge is -2.33. The highest BCUT2D eigenvalue weighted by molar-refractivity contribution is 5.94. The molecule has 3 N–H and O–H groups in total. The van der Waals surface area contributed by atoms with Crippen LogP contribution in [-0.4, -0.2) is 70.7 Å². The average molecular weight is 619 g/mol. The lowest BCUT2D eigenvalue weighted by Crippen LogP contribution is -2.62. The third-order valence-electron chi connectivity index (χ3n) is 7.04. The highest BCUT2D eigenvalue weighted by atomic mass is 16.7. The summed E-state index contributed by atoms with van der Waals surface area (Å²) in [5.41, 5.74) is -2.80. The molecule has 0 aromatic heterocycles. The summed E-state index contributed by atoms with van der Waals surface area (Å²) in [6.07, 6.45) is -2.16. The zero-order valence-corrected chi connectivity index (χ0v) is 26.1. The molecule has 13 nitrogen and oxygen atoms in total. The van der Waals surface area contributed by atoms with Crippen LogP contribution >= 0.6 is 0 Å². The van der Waals surface area contributed by atoms with Crippen molar-refractivity contribution in [3.05, 3.63) is 42.7 Å². The molecule has 2 saturated carbocycles. The first-order chi connectivity index (χ1) is 20.4. The third-order valence-corrected chi connectivity index (χ3v) is 7.04. The quantitative estimate of drug-likeness (QED) is 0.152. The number of amides is 2. The number of hydrogen-bond donors (Lipinski definition) is 3. The fraction of sp³-hybridized carbons (Fsp3) is 0.581. The van der Waals surface area contributed by atoms with Crippen molar-refractivity contribution in [3.8, 4) is 5.75 Å². The van der Waals surface area contributed by atoms with Crippen molar-refractivity contribution < 1.29 is 52.8 Å². The maximum atomic E-state index is 13.8. The molecular formula is C31H42N2O11. The molecule has 6 atom stereocenters. The zero-order valence-electron chi connectivity index (χ0n) is 26.1. The zero-order chi connectivity index (χ0) is 33.0. The summed E-state index contributed by atoms with van der Waals surface area (Å²) in [6.45, 7) is 15.1. The molecule has 1 aromatic rings. The Kier molecular flexibility index (Phi) is 10.3. The predicted octanol–water partition coefficient (Wildman–Crippen LogP) is 3.17. The smallest absolute Gasteiger partial charge is 0.464 e. The molecule has 0 spiro atoms. The van der Waals surface area contributed by atoms with Crippen molar-refractivity contribution in [1.82, 2.24) is 10.6 Å². The van der Waals surface area contributed by atoms with Gasteiger partial charge in [0.1, 0.15) is 28.5 Å². The van der Waals surface area contributed by atoms with E-state index in [9.17, 15) is 29.1 Å². The van der Waals surface area contributed by atoms with Crippen molar-refractivity contribution in [2.75, 3.05) is 6.61 Å². The molecule has 0 heterocycles. The van der Waals surface area contributed by atoms with Gasteiger partial charge in [0.2, 0.25) is 5.91 Å². The van der Waals surface area contributed by atoms with Gasteiger partial charge in [-0.15, -0.1) is 0 Å². The van der Waals surface area contributed by atoms with E-state index in [1.807, 2.05) is 0 Å². The number of rotatable bonds is 10. The summed E-state index contributed by atoms with van der Waals surface area (Å²) in [5.74, 6) is -4.36. The summed E-state index contributed by atoms with van der Waals surface area (Å²) in [5, 5.41) is 16.0. The molecule has 242 valence electrons. The molecule has 0 bridgehead atoms. The number of nitrogens with one attached hydrogen (secondary N) is 2. The molecule has 0 radical (unpaired) electrons. The van der Waals surface area contributed by atoms with Crippen LogP contribution in [0.5, 0.6) is 5.75 Å². The maximum absolute atomic E-state index is 13.8. The van der Waals surface area contributed by atoms with E-state index in [2.05, 4.69) is 17.2 Å². The number of hydrogen-bond acceptors (Lipinski definition) is 11. The minimum Gasteiger partial charge on any atom is -0.464 e. The van der Waals surface area contributed by atoms with Crippen LogP contribution in [0.2, 0.25) is 0 Å². The van der Waals surface area contributed by atoms with Crippen LogP contribution in [0, 0.1) is 17.8 Å². The van der Waals surface area contributed by atoms with Gasteiger partial charge in [0.25, 0.3) is 0 Å². The van der Waals surface area contributed by atoms with Crippen LogP contribution in [0.4, 0.5) is 9.59 Å². The summed E-state index contributed by atoms with van der Waals surface area (Å²) >= 11 is 0. The van der Waals surface area contributed by atoms with Crippen LogP contribution in [0.25, 0.3) is 0 Å². The minimum absolute atomic E-state index is 0.0109. The number of fused-ring (bicyclic) bond motifs is 1. The van der Waals surface area contributed by atoms with Crippen molar-refractivity contribution >= 4 is 30.1 Å². The van der Waals surface area contributed by atoms with Crippen molar-refractivity contribution in [2.45, 2.75) is 90.2 Å². The molecule has 2 aliphatic carbocycles. The number of carbonyl (C=O) groups excluding carboxylic acids is 5. The Morgan fingerprint density at radius 2 is 1.66 bits per heavy atom. The van der Waals surface area contributed by atoms with E-state index in [-0.39, 0.29) is 25.2 Å². The maximum Gasteiger partial charge on any atom is 0.514 e. The molecule has 13 heteroatoms. The summed E-state index contributed by atoms with van der Waals surface area (Å²) in [6, 6.07) is 4.92. The molecule has 3 rings (SSSR count). The van der Waals surface area contributed by atoms with E-state index in [0.29, 0.717) is 5.56 Å². The average Bonchev–Trinajstić information content (AvgIpc) is 3.57. The third kappa shape index (κ3) is 8.49. The standard InChI is InChI=1S/C31H42N2O11/c1-9-40-25(36)22-21-20(34)16-31(23(21)22,26(37)41-10-2)33-24(35)19(32-27(38)43-29(3,4)5)15-17-11-13-18(14-12-17)42-28(39)44-30(6,7)8/h9,11-14,19-23,34H,1,10,15-16H2,2-8H3,(H,32,38)(H,33,35)/t19-,20-,21-,22-,23-,31+/m0/s1. The minimum atomic E-state index is -1.75. The highest BCUT2D eigenvalue weighted by Gasteiger charge is 2.76. The molecule has 0 saturated heterocycles. The van der Waals surface area contributed by atoms with Crippen LogP contribution < -0.4 is 15.4 Å². The van der Waals surface area contributed by atoms with Crippen LogP contribution in [0.15, 0.2) is 37.1 Å². The van der Waals surface area contributed by atoms with Gasteiger partial charge < -0.3 is 39.4 Å². The molecule has 44 heavy (non-hydrogen) atoms. The monoisotopic (exact) mass is 618 g/mol. The second-order valence-corrected chi connectivity index (χ2v) is 12.8. The molecule has 2 aliphatic rings. The Bertz CT molecular complexity index is 1260. The summed E-state index contributed by atoms with van der Waals surface area (Å²) in [4.78, 5) is 64.5. The summed E-state index contributed by atoms with van der Waals surface area (Å²) in [7, 11) is 0. The lowest BCUT2D eigenvalue weighted by molar-refractivity contribution is -0.156. The highest BCUT2D eigenvalue weighted by Crippen LogP contribution is 2.63. The first-order valence-electron chi connectivity index (χ1n) is 14.4. The normalized spacial score (nSPS) is 24.5. The molecular weight excluding hydrogens is 576 g/mol. The number of alkyl carbamates (subject to hydrolysis) is 1. The Labute approximate surface area is 256 Å². The van der Waals surface area contributed by atoms with Crippen LogP contribution in [-0.2, 0) is 39.8 Å². The van der Waals surface area contributed by atoms with Gasteiger partial charge >= 0.3 is 24.2 Å². The lowest BCUT2D eigenvalue weighted by atomic mass is 9.88. The fourth-order valence-corrected chi connectivity index (χ4v) is 5.44. The van der Waals surface area contributed by atoms with Gasteiger partial charge in [0.15, 0.2) is 0 Å². The molecule has 0 aliphatic heterocycles. The van der Waals surface area contributed by atoms with Gasteiger partial charge in [0, 0.05) is 24.7 Å². The first kappa shape index (κ1) is 34.4. The van der Waals surface area contributed by atoms with Crippen LogP contribution in [0.1, 0.15) is 60.5 Å². The largest absolute Gasteiger partial charge is 0.514 e. The second kappa shape index (κ2) is 13.2. The van der Waals surface area contributed by atoms with Crippen LogP contribution in [0.3, 0.4) is 0 Å². The molecule has 2 amide bonds. The number of benzene rings is 1. The first-order valence-corrected chi connectivity index (χ1v) is 14.4. The second-order valence-electron chi connectivity index (χ2n) is 12.8. The fourth-order valence-electron chi connectivity index (χ4n) is 5.44. The molecule has 2 fully saturated rings.